The normalized spacial score (nSPS) is 13.7. The van der Waals surface area contributed by atoms with Gasteiger partial charge in [0.25, 0.3) is 0 Å². The number of fused-ring (bicyclic) bond motifs is 4. The Kier molecular flexibility index (Phi) is 6.21. The summed E-state index contributed by atoms with van der Waals surface area (Å²) in [5, 5.41) is 9.60. The van der Waals surface area contributed by atoms with Crippen LogP contribution in [0.5, 0.6) is 11.5 Å². The summed E-state index contributed by atoms with van der Waals surface area (Å²) in [6.45, 7) is 3.87. The second kappa shape index (κ2) is 9.87. The summed E-state index contributed by atoms with van der Waals surface area (Å²) in [6, 6.07) is 8.73. The molecule has 0 atom stereocenters. The number of carbonyl (C=O) groups is 2. The van der Waals surface area contributed by atoms with Crippen LogP contribution in [0.1, 0.15) is 25.8 Å². The van der Waals surface area contributed by atoms with E-state index in [9.17, 15) is 9.59 Å². The van der Waals surface area contributed by atoms with Gasteiger partial charge in [-0.05, 0) is 56.5 Å². The number of aromatic nitrogens is 6. The first-order chi connectivity index (χ1) is 19.4. The molecule has 14 nitrogen and oxygen atoms in total. The van der Waals surface area contributed by atoms with Crippen LogP contribution in [0.2, 0.25) is 0 Å². The topological polar surface area (TPSA) is 171 Å². The first kappa shape index (κ1) is 25.2. The van der Waals surface area contributed by atoms with E-state index in [1.807, 2.05) is 6.07 Å². The molecule has 206 valence electrons. The minimum atomic E-state index is -2.32. The standard InChI is InChI=1S/C26H25N7O7/c1-3-36-23(34)26(24(35)37-4-2)39-17-10-9-15(13-19(17)40-26)7-5-11-32-21-16(14-28-32)22-29-20(18-8-6-12-38-18)31-33(22)25(27)30-21/h6,8-10,12-14H,3-5,7,11H2,1-2H3,(H2,27,30). The molecule has 0 saturated heterocycles. The fourth-order valence-electron chi connectivity index (χ4n) is 4.47. The van der Waals surface area contributed by atoms with Crippen molar-refractivity contribution < 1.29 is 33.0 Å². The highest BCUT2D eigenvalue weighted by Crippen LogP contribution is 2.41. The van der Waals surface area contributed by atoms with Crippen molar-refractivity contribution in [3.05, 3.63) is 48.4 Å². The first-order valence-corrected chi connectivity index (χ1v) is 12.7. The zero-order chi connectivity index (χ0) is 27.9. The second-order valence-corrected chi connectivity index (χ2v) is 8.87. The van der Waals surface area contributed by atoms with Gasteiger partial charge in [-0.3, -0.25) is 0 Å². The molecule has 5 heterocycles. The molecule has 4 aromatic heterocycles. The largest absolute Gasteiger partial charge is 0.461 e. The van der Waals surface area contributed by atoms with E-state index >= 15 is 0 Å². The van der Waals surface area contributed by atoms with Gasteiger partial charge in [-0.25, -0.2) is 19.3 Å². The number of esters is 2. The molecule has 0 amide bonds. The predicted molar refractivity (Wildman–Crippen MR) is 138 cm³/mol. The Balaban J connectivity index is 1.18. The molecule has 0 aliphatic carbocycles. The van der Waals surface area contributed by atoms with Crippen LogP contribution in [0.15, 0.2) is 47.2 Å². The number of furan rings is 1. The number of nitrogen functional groups attached to an aromatic ring is 1. The number of hydrogen-bond donors (Lipinski definition) is 1. The maximum Gasteiger partial charge on any atom is 0.453 e. The van der Waals surface area contributed by atoms with Crippen LogP contribution in [0, 0.1) is 0 Å². The molecule has 1 aliphatic rings. The maximum absolute atomic E-state index is 12.6. The van der Waals surface area contributed by atoms with Crippen molar-refractivity contribution in [2.45, 2.75) is 39.0 Å². The zero-order valence-electron chi connectivity index (χ0n) is 21.7. The average Bonchev–Trinajstić information content (AvgIpc) is 3.74. The van der Waals surface area contributed by atoms with E-state index in [2.05, 4.69) is 20.2 Å². The van der Waals surface area contributed by atoms with Gasteiger partial charge in [0.05, 0.1) is 31.1 Å². The summed E-state index contributed by atoms with van der Waals surface area (Å²) < 4.78 is 30.0. The molecular weight excluding hydrogens is 522 g/mol. The number of nitrogens with two attached hydrogens (primary N) is 1. The summed E-state index contributed by atoms with van der Waals surface area (Å²) in [4.78, 5) is 34.3. The van der Waals surface area contributed by atoms with E-state index in [1.54, 1.807) is 55.3 Å². The molecule has 14 heteroatoms. The molecule has 5 aromatic rings. The van der Waals surface area contributed by atoms with E-state index in [-0.39, 0.29) is 30.7 Å². The molecule has 0 radical (unpaired) electrons. The SMILES string of the molecule is CCOC(=O)C1(C(=O)OCC)Oc2ccc(CCCn3ncc4c3nc(N)n3nc(-c5ccco5)nc43)cc2O1. The third kappa shape index (κ3) is 4.13. The van der Waals surface area contributed by atoms with Gasteiger partial charge >= 0.3 is 17.7 Å². The van der Waals surface area contributed by atoms with Gasteiger partial charge in [0, 0.05) is 6.54 Å². The van der Waals surface area contributed by atoms with Crippen LogP contribution in [0.4, 0.5) is 5.95 Å². The van der Waals surface area contributed by atoms with Crippen LogP contribution in [-0.2, 0) is 32.0 Å². The molecule has 0 bridgehead atoms. The Morgan fingerprint density at radius 2 is 1.80 bits per heavy atom. The van der Waals surface area contributed by atoms with Crippen molar-refractivity contribution in [1.82, 2.24) is 29.4 Å². The summed E-state index contributed by atoms with van der Waals surface area (Å²) in [6.07, 6.45) is 4.56. The highest BCUT2D eigenvalue weighted by atomic mass is 16.8. The minimum absolute atomic E-state index is 0.0463. The molecule has 1 aromatic carbocycles. The highest BCUT2D eigenvalue weighted by molar-refractivity contribution is 6.03. The third-order valence-electron chi connectivity index (χ3n) is 6.28. The highest BCUT2D eigenvalue weighted by Gasteiger charge is 2.59. The number of hydrogen-bond acceptors (Lipinski definition) is 12. The van der Waals surface area contributed by atoms with E-state index in [0.717, 1.165) is 5.56 Å². The molecule has 2 N–H and O–H groups in total. The fraction of sp³-hybridized carbons (Fsp3) is 0.308. The van der Waals surface area contributed by atoms with Crippen molar-refractivity contribution in [2.24, 2.45) is 0 Å². The fourth-order valence-corrected chi connectivity index (χ4v) is 4.47. The van der Waals surface area contributed by atoms with Crippen LogP contribution >= 0.6 is 0 Å². The Bertz CT molecular complexity index is 1710. The Labute approximate surface area is 226 Å². The lowest BCUT2D eigenvalue weighted by Gasteiger charge is -2.22. The number of carbonyl (C=O) groups excluding carboxylic acids is 2. The van der Waals surface area contributed by atoms with Gasteiger partial charge in [0.15, 0.2) is 28.6 Å². The lowest BCUT2D eigenvalue weighted by Crippen LogP contribution is -2.55. The number of benzene rings is 1. The summed E-state index contributed by atoms with van der Waals surface area (Å²) in [5.74, 6) is -2.67. The Hall–Kier alpha value is -5.14. The van der Waals surface area contributed by atoms with E-state index in [4.69, 9.17) is 29.1 Å². The smallest absolute Gasteiger partial charge is 0.453 e. The van der Waals surface area contributed by atoms with Crippen molar-refractivity contribution in [2.75, 3.05) is 18.9 Å². The van der Waals surface area contributed by atoms with Gasteiger partial charge in [-0.15, -0.1) is 5.10 Å². The van der Waals surface area contributed by atoms with Gasteiger partial charge in [0.1, 0.15) is 0 Å². The number of aryl methyl sites for hydroxylation is 2. The Morgan fingerprint density at radius 3 is 2.52 bits per heavy atom. The van der Waals surface area contributed by atoms with Crippen LogP contribution in [-0.4, -0.2) is 60.3 Å². The molecular formula is C26H25N7O7. The Morgan fingerprint density at radius 1 is 1.02 bits per heavy atom. The predicted octanol–water partition coefficient (Wildman–Crippen LogP) is 2.54. The van der Waals surface area contributed by atoms with Crippen LogP contribution in [0.25, 0.3) is 28.3 Å². The maximum atomic E-state index is 12.6. The van der Waals surface area contributed by atoms with Crippen LogP contribution < -0.4 is 15.2 Å². The van der Waals surface area contributed by atoms with Crippen LogP contribution in [0.3, 0.4) is 0 Å². The lowest BCUT2D eigenvalue weighted by molar-refractivity contribution is -0.202. The molecule has 0 spiro atoms. The summed E-state index contributed by atoms with van der Waals surface area (Å²) >= 11 is 0. The van der Waals surface area contributed by atoms with Crippen molar-refractivity contribution in [1.29, 1.82) is 0 Å². The first-order valence-electron chi connectivity index (χ1n) is 12.7. The third-order valence-corrected chi connectivity index (χ3v) is 6.28. The van der Waals surface area contributed by atoms with Gasteiger partial charge < -0.3 is 29.1 Å². The molecule has 40 heavy (non-hydrogen) atoms. The van der Waals surface area contributed by atoms with Gasteiger partial charge in [-0.1, -0.05) is 6.07 Å². The van der Waals surface area contributed by atoms with Gasteiger partial charge in [0.2, 0.25) is 11.8 Å². The van der Waals surface area contributed by atoms with E-state index in [1.165, 1.54) is 4.52 Å². The van der Waals surface area contributed by atoms with Crippen molar-refractivity contribution in [3.8, 4) is 23.1 Å². The van der Waals surface area contributed by atoms with Gasteiger partial charge in [-0.2, -0.15) is 14.6 Å². The molecule has 0 fully saturated rings. The quantitative estimate of drug-likeness (QED) is 0.211. The molecule has 0 unspecified atom stereocenters. The number of nitrogens with zero attached hydrogens (tertiary/aromatic N) is 6. The minimum Gasteiger partial charge on any atom is -0.461 e. The van der Waals surface area contributed by atoms with Crippen molar-refractivity contribution >= 4 is 34.6 Å². The van der Waals surface area contributed by atoms with E-state index < -0.39 is 17.7 Å². The average molecular weight is 548 g/mol. The monoisotopic (exact) mass is 547 g/mol. The number of anilines is 1. The van der Waals surface area contributed by atoms with Crippen molar-refractivity contribution in [3.63, 3.8) is 0 Å². The summed E-state index contributed by atoms with van der Waals surface area (Å²) in [7, 11) is 0. The lowest BCUT2D eigenvalue weighted by atomic mass is 10.1. The van der Waals surface area contributed by atoms with E-state index in [0.29, 0.717) is 47.7 Å². The second-order valence-electron chi connectivity index (χ2n) is 8.87. The number of ether oxygens (including phenoxy) is 4. The number of rotatable bonds is 9. The molecule has 6 rings (SSSR count). The molecule has 1 aliphatic heterocycles. The zero-order valence-corrected chi connectivity index (χ0v) is 21.7. The molecule has 0 saturated carbocycles. The summed E-state index contributed by atoms with van der Waals surface area (Å²) in [5.41, 5.74) is 8.19.